The van der Waals surface area contributed by atoms with Gasteiger partial charge in [-0.2, -0.15) is 0 Å². The van der Waals surface area contributed by atoms with Crippen LogP contribution < -0.4 is 15.0 Å². The van der Waals surface area contributed by atoms with E-state index in [-0.39, 0.29) is 30.2 Å². The smallest absolute Gasteiger partial charge is 0.227 e. The summed E-state index contributed by atoms with van der Waals surface area (Å²) in [5, 5.41) is 3.11. The molecule has 0 radical (unpaired) electrons. The summed E-state index contributed by atoms with van der Waals surface area (Å²) < 4.78 is 5.17. The number of aromatic nitrogens is 2. The fourth-order valence-electron chi connectivity index (χ4n) is 3.84. The van der Waals surface area contributed by atoms with Crippen LogP contribution in [0.25, 0.3) is 11.0 Å². The third-order valence-corrected chi connectivity index (χ3v) is 5.55. The second-order valence-corrected chi connectivity index (χ2v) is 7.97. The molecule has 2 N–H and O–H groups in total. The maximum Gasteiger partial charge on any atom is 0.227 e. The van der Waals surface area contributed by atoms with Crippen LogP contribution in [0, 0.1) is 11.8 Å². The highest BCUT2D eigenvalue weighted by Crippen LogP contribution is 2.28. The van der Waals surface area contributed by atoms with Crippen molar-refractivity contribution in [3.63, 3.8) is 0 Å². The number of aromatic amines is 1. The maximum absolute atomic E-state index is 13.0. The highest BCUT2D eigenvalue weighted by Gasteiger charge is 2.36. The lowest BCUT2D eigenvalue weighted by Gasteiger charge is -2.22. The first kappa shape index (κ1) is 19.9. The van der Waals surface area contributed by atoms with Gasteiger partial charge in [-0.1, -0.05) is 26.0 Å². The molecule has 7 nitrogen and oxygen atoms in total. The van der Waals surface area contributed by atoms with Crippen molar-refractivity contribution in [3.05, 3.63) is 54.4 Å². The van der Waals surface area contributed by atoms with Crippen LogP contribution in [0.3, 0.4) is 0 Å². The van der Waals surface area contributed by atoms with Gasteiger partial charge in [0.15, 0.2) is 0 Å². The molecule has 2 heterocycles. The van der Waals surface area contributed by atoms with Gasteiger partial charge in [0.25, 0.3) is 0 Å². The number of fused-ring (bicyclic) bond motifs is 1. The summed E-state index contributed by atoms with van der Waals surface area (Å²) in [4.78, 5) is 35.2. The number of nitrogens with zero attached hydrogens (tertiary/aromatic N) is 2. The number of methoxy groups -OCH3 is 1. The van der Waals surface area contributed by atoms with Gasteiger partial charge in [0.05, 0.1) is 30.1 Å². The van der Waals surface area contributed by atoms with Gasteiger partial charge >= 0.3 is 0 Å². The molecule has 1 aliphatic heterocycles. The molecule has 7 heteroatoms. The molecule has 2 atom stereocenters. The van der Waals surface area contributed by atoms with E-state index in [2.05, 4.69) is 15.3 Å². The molecule has 1 fully saturated rings. The van der Waals surface area contributed by atoms with Crippen LogP contribution in [0.1, 0.15) is 32.1 Å². The van der Waals surface area contributed by atoms with Crippen molar-refractivity contribution in [1.82, 2.24) is 15.3 Å². The van der Waals surface area contributed by atoms with Crippen molar-refractivity contribution in [3.8, 4) is 5.75 Å². The second-order valence-electron chi connectivity index (χ2n) is 7.97. The number of hydrogen-bond acceptors (Lipinski definition) is 4. The van der Waals surface area contributed by atoms with Crippen molar-refractivity contribution in [2.75, 3.05) is 18.6 Å². The molecule has 2 amide bonds. The van der Waals surface area contributed by atoms with Crippen LogP contribution in [-0.2, 0) is 9.59 Å². The first-order valence-corrected chi connectivity index (χ1v) is 10.2. The highest BCUT2D eigenvalue weighted by molar-refractivity contribution is 6.00. The Hall–Kier alpha value is -3.35. The van der Waals surface area contributed by atoms with E-state index >= 15 is 0 Å². The molecule has 0 spiro atoms. The van der Waals surface area contributed by atoms with E-state index in [0.717, 1.165) is 28.3 Å². The summed E-state index contributed by atoms with van der Waals surface area (Å²) in [7, 11) is 1.60. The number of imidazole rings is 1. The Morgan fingerprint density at radius 3 is 2.60 bits per heavy atom. The van der Waals surface area contributed by atoms with Crippen LogP contribution >= 0.6 is 0 Å². The molecule has 2 aromatic carbocycles. The molecule has 0 bridgehead atoms. The molecule has 2 unspecified atom stereocenters. The number of anilines is 1. The Kier molecular flexibility index (Phi) is 5.44. The quantitative estimate of drug-likeness (QED) is 0.656. The number of H-pyrrole nitrogens is 1. The van der Waals surface area contributed by atoms with Gasteiger partial charge in [-0.15, -0.1) is 0 Å². The molecule has 1 aromatic heterocycles. The average molecular weight is 406 g/mol. The van der Waals surface area contributed by atoms with Crippen molar-refractivity contribution in [1.29, 1.82) is 0 Å². The minimum Gasteiger partial charge on any atom is -0.497 e. The van der Waals surface area contributed by atoms with Crippen LogP contribution in [0.15, 0.2) is 48.5 Å². The van der Waals surface area contributed by atoms with Gasteiger partial charge in [0, 0.05) is 18.7 Å². The Labute approximate surface area is 175 Å². The monoisotopic (exact) mass is 406 g/mol. The van der Waals surface area contributed by atoms with Crippen LogP contribution in [0.4, 0.5) is 5.69 Å². The minimum atomic E-state index is -0.398. The summed E-state index contributed by atoms with van der Waals surface area (Å²) in [5.41, 5.74) is 2.58. The first-order valence-electron chi connectivity index (χ1n) is 10.2. The van der Waals surface area contributed by atoms with E-state index in [0.29, 0.717) is 6.54 Å². The number of amides is 2. The van der Waals surface area contributed by atoms with Crippen molar-refractivity contribution < 1.29 is 14.3 Å². The third-order valence-electron chi connectivity index (χ3n) is 5.55. The fourth-order valence-corrected chi connectivity index (χ4v) is 3.84. The Bertz CT molecular complexity index is 1020. The largest absolute Gasteiger partial charge is 0.497 e. The highest BCUT2D eigenvalue weighted by atomic mass is 16.5. The maximum atomic E-state index is 13.0. The molecular formula is C23H26N4O3. The number of benzene rings is 2. The van der Waals surface area contributed by atoms with Crippen molar-refractivity contribution >= 4 is 28.5 Å². The zero-order chi connectivity index (χ0) is 21.3. The van der Waals surface area contributed by atoms with Gasteiger partial charge in [-0.05, 0) is 42.3 Å². The van der Waals surface area contributed by atoms with E-state index in [4.69, 9.17) is 4.74 Å². The average Bonchev–Trinajstić information content (AvgIpc) is 3.35. The SMILES string of the molecule is COc1ccc(N2CC(C(=O)NC(c3nc4ccccc4[nH]3)C(C)C)CC2=O)cc1. The van der Waals surface area contributed by atoms with Gasteiger partial charge in [-0.3, -0.25) is 9.59 Å². The van der Waals surface area contributed by atoms with E-state index in [1.807, 2.05) is 62.4 Å². The first-order chi connectivity index (χ1) is 14.5. The fraction of sp³-hybridized carbons (Fsp3) is 0.348. The van der Waals surface area contributed by atoms with Gasteiger partial charge in [0.1, 0.15) is 11.6 Å². The predicted octanol–water partition coefficient (Wildman–Crippen LogP) is 3.44. The minimum absolute atomic E-state index is 0.0508. The molecule has 1 saturated heterocycles. The normalized spacial score (nSPS) is 17.5. The lowest BCUT2D eigenvalue weighted by molar-refractivity contribution is -0.127. The van der Waals surface area contributed by atoms with Gasteiger partial charge < -0.3 is 19.9 Å². The van der Waals surface area contributed by atoms with Crippen LogP contribution in [0.2, 0.25) is 0 Å². The van der Waals surface area contributed by atoms with E-state index in [1.165, 1.54) is 0 Å². The third kappa shape index (κ3) is 3.87. The molecule has 3 aromatic rings. The molecular weight excluding hydrogens is 380 g/mol. The lowest BCUT2D eigenvalue weighted by atomic mass is 10.0. The molecule has 0 saturated carbocycles. The standard InChI is InChI=1S/C23H26N4O3/c1-14(2)21(22-24-18-6-4-5-7-19(18)25-22)26-23(29)15-12-20(28)27(13-15)16-8-10-17(30-3)11-9-16/h4-11,14-15,21H,12-13H2,1-3H3,(H,24,25)(H,26,29). The van der Waals surface area contributed by atoms with Gasteiger partial charge in [-0.25, -0.2) is 4.98 Å². The molecule has 1 aliphatic rings. The van der Waals surface area contributed by atoms with E-state index in [1.54, 1.807) is 12.0 Å². The van der Waals surface area contributed by atoms with Crippen LogP contribution in [0.5, 0.6) is 5.75 Å². The summed E-state index contributed by atoms with van der Waals surface area (Å²) in [6.07, 6.45) is 0.197. The van der Waals surface area contributed by atoms with Crippen LogP contribution in [-0.4, -0.2) is 35.4 Å². The molecule has 30 heavy (non-hydrogen) atoms. The number of rotatable bonds is 6. The van der Waals surface area contributed by atoms with E-state index in [9.17, 15) is 9.59 Å². The number of carbonyl (C=O) groups excluding carboxylic acids is 2. The number of ether oxygens (including phenoxy) is 1. The van der Waals surface area contributed by atoms with Crippen molar-refractivity contribution in [2.45, 2.75) is 26.3 Å². The van der Waals surface area contributed by atoms with Gasteiger partial charge in [0.2, 0.25) is 11.8 Å². The Morgan fingerprint density at radius 1 is 1.20 bits per heavy atom. The zero-order valence-electron chi connectivity index (χ0n) is 17.4. The zero-order valence-corrected chi connectivity index (χ0v) is 17.4. The van der Waals surface area contributed by atoms with Crippen molar-refractivity contribution in [2.24, 2.45) is 11.8 Å². The lowest BCUT2D eigenvalue weighted by Crippen LogP contribution is -2.38. The summed E-state index contributed by atoms with van der Waals surface area (Å²) >= 11 is 0. The number of carbonyl (C=O) groups is 2. The second kappa shape index (κ2) is 8.18. The number of hydrogen-bond donors (Lipinski definition) is 2. The van der Waals surface area contributed by atoms with E-state index < -0.39 is 5.92 Å². The Balaban J connectivity index is 1.48. The summed E-state index contributed by atoms with van der Waals surface area (Å²) in [6, 6.07) is 14.8. The Morgan fingerprint density at radius 2 is 1.93 bits per heavy atom. The molecule has 4 rings (SSSR count). The number of nitrogens with one attached hydrogen (secondary N) is 2. The predicted molar refractivity (Wildman–Crippen MR) is 115 cm³/mol. The molecule has 0 aliphatic carbocycles. The summed E-state index contributed by atoms with van der Waals surface area (Å²) in [5.74, 6) is 1.03. The summed E-state index contributed by atoms with van der Waals surface area (Å²) in [6.45, 7) is 4.45. The number of para-hydroxylation sites is 2. The topological polar surface area (TPSA) is 87.3 Å². The molecule has 156 valence electrons.